The Balaban J connectivity index is 1.76. The van der Waals surface area contributed by atoms with Gasteiger partial charge in [0.05, 0.1) is 10.8 Å². The number of fused-ring (bicyclic) bond motifs is 4. The molecule has 4 fully saturated rings. The summed E-state index contributed by atoms with van der Waals surface area (Å²) >= 11 is 0. The third kappa shape index (κ3) is 2.19. The molecule has 5 rings (SSSR count). The van der Waals surface area contributed by atoms with Crippen molar-refractivity contribution >= 4 is 23.7 Å². The van der Waals surface area contributed by atoms with E-state index in [1.54, 1.807) is 0 Å². The van der Waals surface area contributed by atoms with Crippen LogP contribution in [0, 0.1) is 46.5 Å². The van der Waals surface area contributed by atoms with Crippen LogP contribution in [0.1, 0.15) is 71.8 Å². The van der Waals surface area contributed by atoms with E-state index in [-0.39, 0.29) is 21.7 Å². The lowest BCUT2D eigenvalue weighted by molar-refractivity contribution is -0.126. The molecule has 2 nitrogen and oxygen atoms in total. The first-order valence-electron chi connectivity index (χ1n) is 11.3. The maximum absolute atomic E-state index is 13.1. The number of aryl methyl sites for hydroxylation is 1. The molecule has 2 heteroatoms. The summed E-state index contributed by atoms with van der Waals surface area (Å²) in [5.41, 5.74) is 0.364. The summed E-state index contributed by atoms with van der Waals surface area (Å²) in [6.45, 7) is 11.2. The third-order valence-corrected chi connectivity index (χ3v) is 10.0. The summed E-state index contributed by atoms with van der Waals surface area (Å²) in [6, 6.07) is 7.45. The van der Waals surface area contributed by atoms with Crippen LogP contribution in [0.25, 0.3) is 12.2 Å². The molecule has 0 aromatic heterocycles. The Bertz CT molecular complexity index is 1040. The van der Waals surface area contributed by atoms with Gasteiger partial charge in [0, 0.05) is 12.8 Å². The van der Waals surface area contributed by atoms with Crippen LogP contribution in [0.15, 0.2) is 12.1 Å². The first-order chi connectivity index (χ1) is 13.6. The van der Waals surface area contributed by atoms with Crippen molar-refractivity contribution in [2.24, 2.45) is 33.5 Å². The van der Waals surface area contributed by atoms with Crippen molar-refractivity contribution in [1.82, 2.24) is 0 Å². The number of Topliss-reactive ketones (excluding diaryl/α,β-unsaturated/α-hetero) is 2. The fraction of sp³-hybridized carbons (Fsp3) is 0.630. The molecule has 0 saturated heterocycles. The molecular formula is C27H33O2. The summed E-state index contributed by atoms with van der Waals surface area (Å²) in [5.74, 6) is 1.81. The van der Waals surface area contributed by atoms with E-state index >= 15 is 0 Å². The van der Waals surface area contributed by atoms with Crippen molar-refractivity contribution in [1.29, 1.82) is 0 Å². The van der Waals surface area contributed by atoms with Gasteiger partial charge in [-0.05, 0) is 77.3 Å². The minimum Gasteiger partial charge on any atom is -0.299 e. The van der Waals surface area contributed by atoms with E-state index in [0.717, 1.165) is 54.5 Å². The molecule has 1 radical (unpaired) electrons. The number of carbonyl (C=O) groups is 2. The van der Waals surface area contributed by atoms with Crippen molar-refractivity contribution in [3.8, 4) is 0 Å². The highest BCUT2D eigenvalue weighted by atomic mass is 16.1. The van der Waals surface area contributed by atoms with Gasteiger partial charge in [-0.1, -0.05) is 52.0 Å². The van der Waals surface area contributed by atoms with Gasteiger partial charge in [0.1, 0.15) is 11.6 Å². The molecule has 4 aliphatic rings. The number of hydrogen-bond donors (Lipinski definition) is 0. The van der Waals surface area contributed by atoms with Gasteiger partial charge >= 0.3 is 0 Å². The lowest BCUT2D eigenvalue weighted by Gasteiger charge is -2.35. The predicted molar refractivity (Wildman–Crippen MR) is 115 cm³/mol. The van der Waals surface area contributed by atoms with Gasteiger partial charge in [-0.2, -0.15) is 0 Å². The summed E-state index contributed by atoms with van der Waals surface area (Å²) in [6.07, 6.45) is 10.2. The Hall–Kier alpha value is -1.70. The average Bonchev–Trinajstić information content (AvgIpc) is 3.18. The summed E-state index contributed by atoms with van der Waals surface area (Å²) in [7, 11) is 0. The highest BCUT2D eigenvalue weighted by Crippen LogP contribution is 2.65. The normalized spacial score (nSPS) is 40.4. The predicted octanol–water partition coefficient (Wildman–Crippen LogP) is 4.15. The molecular weight excluding hydrogens is 356 g/mol. The van der Waals surface area contributed by atoms with Gasteiger partial charge in [-0.3, -0.25) is 9.59 Å². The van der Waals surface area contributed by atoms with Gasteiger partial charge in [0.15, 0.2) is 0 Å². The van der Waals surface area contributed by atoms with E-state index in [0.29, 0.717) is 23.4 Å². The minimum absolute atomic E-state index is 0.00280. The number of hydrogen-bond acceptors (Lipinski definition) is 2. The largest absolute Gasteiger partial charge is 0.299 e. The second kappa shape index (κ2) is 5.71. The second-order valence-electron chi connectivity index (χ2n) is 11.4. The standard InChI is InChI=1S/C27H33O2/c1-17-7-6-8-18(15-26-11-9-19(13-22(26)28)24(26,2)3)21(17)16-27-12-10-20(14-23(27)29)25(27,4)5/h6,8,15-16,19-20H,9-14H2,1-5H3. The van der Waals surface area contributed by atoms with Crippen LogP contribution < -0.4 is 10.4 Å². The van der Waals surface area contributed by atoms with Crippen LogP contribution in [0.2, 0.25) is 0 Å². The van der Waals surface area contributed by atoms with Crippen molar-refractivity contribution in [2.75, 3.05) is 0 Å². The maximum Gasteiger partial charge on any atom is 0.143 e. The van der Waals surface area contributed by atoms with Gasteiger partial charge in [0.25, 0.3) is 0 Å². The summed E-state index contributed by atoms with van der Waals surface area (Å²) in [5, 5.41) is 2.25. The van der Waals surface area contributed by atoms with Crippen LogP contribution in [-0.2, 0) is 9.59 Å². The molecule has 4 saturated carbocycles. The Morgan fingerprint density at radius 2 is 1.41 bits per heavy atom. The van der Waals surface area contributed by atoms with Gasteiger partial charge in [0.2, 0.25) is 0 Å². The number of rotatable bonds is 2. The molecule has 0 N–H and O–H groups in total. The number of carbonyl (C=O) groups excluding carboxylic acids is 2. The summed E-state index contributed by atoms with van der Waals surface area (Å²) in [4.78, 5) is 26.2. The average molecular weight is 390 g/mol. The number of benzene rings is 1. The highest BCUT2D eigenvalue weighted by Gasteiger charge is 2.64. The Morgan fingerprint density at radius 1 is 0.897 bits per heavy atom. The van der Waals surface area contributed by atoms with E-state index < -0.39 is 0 Å². The quantitative estimate of drug-likeness (QED) is 0.762. The Labute approximate surface area is 174 Å². The van der Waals surface area contributed by atoms with Crippen molar-refractivity contribution in [3.05, 3.63) is 34.2 Å². The zero-order chi connectivity index (χ0) is 20.8. The van der Waals surface area contributed by atoms with E-state index in [1.807, 2.05) is 6.07 Å². The molecule has 1 aromatic rings. The van der Waals surface area contributed by atoms with Crippen LogP contribution in [0.4, 0.5) is 0 Å². The topological polar surface area (TPSA) is 34.1 Å². The highest BCUT2D eigenvalue weighted by molar-refractivity contribution is 5.96. The molecule has 0 amide bonds. The number of ketones is 2. The molecule has 1 aromatic carbocycles. The second-order valence-corrected chi connectivity index (χ2v) is 11.4. The molecule has 4 unspecified atom stereocenters. The molecule has 0 aliphatic heterocycles. The molecule has 0 spiro atoms. The first kappa shape index (κ1) is 19.3. The molecule has 29 heavy (non-hydrogen) atoms. The fourth-order valence-electron chi connectivity index (χ4n) is 7.57. The zero-order valence-electron chi connectivity index (χ0n) is 18.5. The van der Waals surface area contributed by atoms with Crippen LogP contribution in [0.3, 0.4) is 0 Å². The van der Waals surface area contributed by atoms with Crippen molar-refractivity contribution in [3.63, 3.8) is 0 Å². The van der Waals surface area contributed by atoms with E-state index in [4.69, 9.17) is 0 Å². The van der Waals surface area contributed by atoms with Crippen molar-refractivity contribution < 1.29 is 9.59 Å². The van der Waals surface area contributed by atoms with Crippen molar-refractivity contribution in [2.45, 2.75) is 73.1 Å². The lowest BCUT2D eigenvalue weighted by atomic mass is 9.67. The minimum atomic E-state index is -0.370. The van der Waals surface area contributed by atoms with E-state index in [1.165, 1.54) is 0 Å². The zero-order valence-corrected chi connectivity index (χ0v) is 18.5. The van der Waals surface area contributed by atoms with Gasteiger partial charge in [-0.25, -0.2) is 0 Å². The maximum atomic E-state index is 13.1. The van der Waals surface area contributed by atoms with Crippen LogP contribution in [0.5, 0.6) is 0 Å². The third-order valence-electron chi connectivity index (χ3n) is 10.0. The first-order valence-corrected chi connectivity index (χ1v) is 11.3. The molecule has 0 heterocycles. The van der Waals surface area contributed by atoms with E-state index in [9.17, 15) is 9.59 Å². The van der Waals surface area contributed by atoms with E-state index in [2.05, 4.69) is 58.9 Å². The van der Waals surface area contributed by atoms with Crippen LogP contribution >= 0.6 is 0 Å². The van der Waals surface area contributed by atoms with Gasteiger partial charge in [-0.15, -0.1) is 0 Å². The fourth-order valence-corrected chi connectivity index (χ4v) is 7.57. The smallest absolute Gasteiger partial charge is 0.143 e. The molecule has 153 valence electrons. The molecule has 4 aliphatic carbocycles. The Morgan fingerprint density at radius 3 is 1.86 bits per heavy atom. The summed E-state index contributed by atoms with van der Waals surface area (Å²) < 4.78 is 0. The lowest BCUT2D eigenvalue weighted by Crippen LogP contribution is -2.41. The SMILES string of the molecule is Cc1[c]ccc(=CC23CCC(CC2=O)C3(C)C)c1=CC12CCC(CC1=O)C2(C)C. The molecule has 4 atom stereocenters. The Kier molecular flexibility index (Phi) is 3.79. The molecule has 4 bridgehead atoms. The van der Waals surface area contributed by atoms with Gasteiger partial charge < -0.3 is 0 Å². The van der Waals surface area contributed by atoms with Crippen LogP contribution in [-0.4, -0.2) is 11.6 Å². The monoisotopic (exact) mass is 389 g/mol.